The first-order valence-corrected chi connectivity index (χ1v) is 13.6. The van der Waals surface area contributed by atoms with E-state index < -0.39 is 27.1 Å². The number of carbonyl (C=O) groups excluding carboxylic acids is 2. The minimum atomic E-state index is -4.20. The molecule has 0 aliphatic carbocycles. The molecule has 1 aliphatic rings. The summed E-state index contributed by atoms with van der Waals surface area (Å²) < 4.78 is 51.1. The van der Waals surface area contributed by atoms with Crippen LogP contribution in [0.1, 0.15) is 11.1 Å². The van der Waals surface area contributed by atoms with Gasteiger partial charge in [-0.15, -0.1) is 0 Å². The number of thioether (sulfide) groups is 1. The third-order valence-electron chi connectivity index (χ3n) is 5.86. The van der Waals surface area contributed by atoms with Crippen LogP contribution >= 0.6 is 11.8 Å². The number of carbonyl (C=O) groups is 2. The monoisotopic (exact) mass is 549 g/mol. The third kappa shape index (κ3) is 5.00. The fourth-order valence-electron chi connectivity index (χ4n) is 4.00. The Balaban J connectivity index is 1.40. The molecule has 1 fully saturated rings. The van der Waals surface area contributed by atoms with Gasteiger partial charge in [0.25, 0.3) is 11.1 Å². The maximum absolute atomic E-state index is 14.0. The molecule has 1 heterocycles. The molecular weight excluding hydrogens is 529 g/mol. The predicted molar refractivity (Wildman–Crippen MR) is 143 cm³/mol. The van der Waals surface area contributed by atoms with Crippen LogP contribution in [0.5, 0.6) is 11.5 Å². The summed E-state index contributed by atoms with van der Waals surface area (Å²) in [6.45, 7) is -0.184. The molecular formula is C28H20FNO6S2. The summed E-state index contributed by atoms with van der Waals surface area (Å²) in [5, 5.41) is 0.762. The largest absolute Gasteiger partial charge is 0.493 e. The topological polar surface area (TPSA) is 90.0 Å². The summed E-state index contributed by atoms with van der Waals surface area (Å²) in [5.41, 5.74) is 0.708. The van der Waals surface area contributed by atoms with Crippen molar-refractivity contribution in [3.05, 3.63) is 107 Å². The van der Waals surface area contributed by atoms with E-state index in [1.54, 1.807) is 30.3 Å². The molecule has 0 N–H and O–H groups in total. The molecule has 0 atom stereocenters. The standard InChI is InChI=1S/C28H20FNO6S2/c1-35-24-15-18(16-25-27(31)30(28(32)37-25)17-20-8-3-5-11-22(20)29)13-14-23(24)36-38(33,34)26-12-6-9-19-7-2-4-10-21(19)26/h2-16H,17H2,1H3/b25-16-. The summed E-state index contributed by atoms with van der Waals surface area (Å²) in [6.07, 6.45) is 1.48. The van der Waals surface area contributed by atoms with Crippen molar-refractivity contribution >= 4 is 49.9 Å². The van der Waals surface area contributed by atoms with E-state index in [1.165, 1.54) is 49.6 Å². The van der Waals surface area contributed by atoms with Crippen molar-refractivity contribution in [2.24, 2.45) is 0 Å². The molecule has 7 nitrogen and oxygen atoms in total. The number of rotatable bonds is 7. The first-order chi connectivity index (χ1) is 18.3. The molecule has 5 rings (SSSR count). The summed E-state index contributed by atoms with van der Waals surface area (Å²) >= 11 is 0.736. The Kier molecular flexibility index (Phi) is 6.92. The van der Waals surface area contributed by atoms with Crippen molar-refractivity contribution in [3.63, 3.8) is 0 Å². The van der Waals surface area contributed by atoms with Crippen molar-refractivity contribution in [1.29, 1.82) is 0 Å². The normalized spacial score (nSPS) is 14.9. The van der Waals surface area contributed by atoms with Crippen LogP contribution in [0.2, 0.25) is 0 Å². The minimum absolute atomic E-state index is 0.0188. The van der Waals surface area contributed by atoms with Gasteiger partial charge in [-0.1, -0.05) is 60.7 Å². The van der Waals surface area contributed by atoms with E-state index >= 15 is 0 Å². The van der Waals surface area contributed by atoms with Gasteiger partial charge in [-0.05, 0) is 53.1 Å². The van der Waals surface area contributed by atoms with E-state index in [9.17, 15) is 22.4 Å². The highest BCUT2D eigenvalue weighted by molar-refractivity contribution is 8.18. The van der Waals surface area contributed by atoms with Crippen LogP contribution in [0, 0.1) is 5.82 Å². The maximum atomic E-state index is 14.0. The van der Waals surface area contributed by atoms with Gasteiger partial charge in [0.2, 0.25) is 0 Å². The molecule has 38 heavy (non-hydrogen) atoms. The summed E-state index contributed by atoms with van der Waals surface area (Å²) in [4.78, 5) is 26.5. The Morgan fingerprint density at radius 1 is 0.921 bits per heavy atom. The number of hydrogen-bond donors (Lipinski definition) is 0. The fraction of sp³-hybridized carbons (Fsp3) is 0.0714. The van der Waals surface area contributed by atoms with Gasteiger partial charge in [-0.2, -0.15) is 8.42 Å². The van der Waals surface area contributed by atoms with Gasteiger partial charge in [-0.25, -0.2) is 4.39 Å². The van der Waals surface area contributed by atoms with E-state index in [4.69, 9.17) is 8.92 Å². The van der Waals surface area contributed by atoms with Crippen LogP contribution in [-0.2, 0) is 21.5 Å². The average Bonchev–Trinajstić information content (AvgIpc) is 3.17. The average molecular weight is 550 g/mol. The Labute approximate surface area is 222 Å². The van der Waals surface area contributed by atoms with Crippen LogP contribution in [0.4, 0.5) is 9.18 Å². The minimum Gasteiger partial charge on any atom is -0.493 e. The molecule has 0 bridgehead atoms. The zero-order chi connectivity index (χ0) is 26.9. The van der Waals surface area contributed by atoms with Crippen LogP contribution in [0.3, 0.4) is 0 Å². The first-order valence-electron chi connectivity index (χ1n) is 11.4. The lowest BCUT2D eigenvalue weighted by Gasteiger charge is -2.13. The number of fused-ring (bicyclic) bond motifs is 1. The van der Waals surface area contributed by atoms with Crippen LogP contribution in [0.25, 0.3) is 16.8 Å². The fourth-order valence-corrected chi connectivity index (χ4v) is 6.01. The van der Waals surface area contributed by atoms with Gasteiger partial charge < -0.3 is 8.92 Å². The lowest BCUT2D eigenvalue weighted by atomic mass is 10.1. The molecule has 10 heteroatoms. The SMILES string of the molecule is COc1cc(/C=C2\SC(=O)N(Cc3ccccc3F)C2=O)ccc1OS(=O)(=O)c1cccc2ccccc12. The smallest absolute Gasteiger partial charge is 0.339 e. The number of methoxy groups -OCH3 is 1. The number of benzene rings is 4. The van der Waals surface area contributed by atoms with E-state index in [-0.39, 0.29) is 33.4 Å². The maximum Gasteiger partial charge on any atom is 0.339 e. The number of hydrogen-bond acceptors (Lipinski definition) is 7. The number of amides is 2. The molecule has 1 saturated heterocycles. The summed E-state index contributed by atoms with van der Waals surface area (Å²) in [7, 11) is -2.84. The highest BCUT2D eigenvalue weighted by Gasteiger charge is 2.35. The Hall–Kier alpha value is -4.15. The molecule has 0 radical (unpaired) electrons. The molecule has 1 aliphatic heterocycles. The van der Waals surface area contributed by atoms with Gasteiger partial charge in [-0.3, -0.25) is 14.5 Å². The molecule has 0 spiro atoms. The van der Waals surface area contributed by atoms with Gasteiger partial charge in [0.1, 0.15) is 10.7 Å². The van der Waals surface area contributed by atoms with E-state index in [1.807, 2.05) is 18.2 Å². The van der Waals surface area contributed by atoms with Crippen LogP contribution in [-0.4, -0.2) is 31.6 Å². The second-order valence-corrected chi connectivity index (χ2v) is 10.8. The zero-order valence-electron chi connectivity index (χ0n) is 20.0. The van der Waals surface area contributed by atoms with E-state index in [2.05, 4.69) is 0 Å². The molecule has 0 unspecified atom stereocenters. The van der Waals surface area contributed by atoms with Crippen molar-refractivity contribution in [2.45, 2.75) is 11.4 Å². The molecule has 2 amide bonds. The molecule has 0 aromatic heterocycles. The second kappa shape index (κ2) is 10.3. The Bertz CT molecular complexity index is 1710. The molecule has 4 aromatic carbocycles. The van der Waals surface area contributed by atoms with Crippen LogP contribution < -0.4 is 8.92 Å². The number of imide groups is 1. The second-order valence-electron chi connectivity index (χ2n) is 8.28. The Morgan fingerprint density at radius 2 is 1.66 bits per heavy atom. The van der Waals surface area contributed by atoms with E-state index in [0.717, 1.165) is 22.0 Å². The summed E-state index contributed by atoms with van der Waals surface area (Å²) in [6, 6.07) is 22.4. The molecule has 0 saturated carbocycles. The van der Waals surface area contributed by atoms with Crippen molar-refractivity contribution in [3.8, 4) is 11.5 Å². The predicted octanol–water partition coefficient (Wildman–Crippen LogP) is 5.99. The van der Waals surface area contributed by atoms with Gasteiger partial charge in [0.15, 0.2) is 11.5 Å². The van der Waals surface area contributed by atoms with Crippen molar-refractivity contribution in [1.82, 2.24) is 4.90 Å². The van der Waals surface area contributed by atoms with Crippen LogP contribution in [0.15, 0.2) is 94.7 Å². The number of ether oxygens (including phenoxy) is 1. The van der Waals surface area contributed by atoms with Gasteiger partial charge >= 0.3 is 10.1 Å². The highest BCUT2D eigenvalue weighted by atomic mass is 32.2. The number of nitrogens with zero attached hydrogens (tertiary/aromatic N) is 1. The first kappa shape index (κ1) is 25.5. The Morgan fingerprint density at radius 3 is 2.45 bits per heavy atom. The third-order valence-corrected chi connectivity index (χ3v) is 8.06. The quantitative estimate of drug-likeness (QED) is 0.207. The summed E-state index contributed by atoms with van der Waals surface area (Å²) in [5.74, 6) is -0.978. The molecule has 192 valence electrons. The van der Waals surface area contributed by atoms with Crippen molar-refractivity contribution < 1.29 is 31.3 Å². The lowest BCUT2D eigenvalue weighted by molar-refractivity contribution is -0.123. The number of halogens is 1. The lowest BCUT2D eigenvalue weighted by Crippen LogP contribution is -2.27. The zero-order valence-corrected chi connectivity index (χ0v) is 21.6. The molecule has 4 aromatic rings. The van der Waals surface area contributed by atoms with E-state index in [0.29, 0.717) is 10.9 Å². The van der Waals surface area contributed by atoms with Crippen molar-refractivity contribution in [2.75, 3.05) is 7.11 Å². The highest BCUT2D eigenvalue weighted by Crippen LogP contribution is 2.36. The van der Waals surface area contributed by atoms with Gasteiger partial charge in [0, 0.05) is 10.9 Å². The van der Waals surface area contributed by atoms with Gasteiger partial charge in [0.05, 0.1) is 18.6 Å².